The highest BCUT2D eigenvalue weighted by atomic mass is 16.6. The van der Waals surface area contributed by atoms with Crippen LogP contribution in [0.4, 0.5) is 0 Å². The van der Waals surface area contributed by atoms with E-state index in [9.17, 15) is 39.3 Å². The highest BCUT2D eigenvalue weighted by Crippen LogP contribution is 2.28. The number of hydrogen-bond donors (Lipinski definition) is 8. The molecule has 10 N–H and O–H groups in total. The predicted molar refractivity (Wildman–Crippen MR) is 118 cm³/mol. The van der Waals surface area contributed by atoms with Gasteiger partial charge in [-0.1, -0.05) is 0 Å². The molecule has 9 atom stereocenters. The van der Waals surface area contributed by atoms with Gasteiger partial charge in [0.1, 0.15) is 30.4 Å². The zero-order chi connectivity index (χ0) is 27.9. The number of hydrogen-bond acceptors (Lipinski definition) is 11. The maximum Gasteiger partial charge on any atom is 0.332 e. The van der Waals surface area contributed by atoms with E-state index in [4.69, 9.17) is 31.2 Å². The number of aliphatic carboxylic acids is 2. The standard InChI is InChI=1S/C20H34N4O12/c1-7(26)14(18(32)23-10(17(22)31)4-5-12(28)29)24(9(3)27)19-13(21)16(35-8(2)20(33)34)15(30)11(6-25)36-19/h7-8,10-11,13-16,19,25-26,30H,4-6,21H2,1-3H3,(H2,22,31)(H,23,32)(H,28,29)(H,33,34)/t7?,8?,10?,11-,13-,14?,15-,16-,19?/m1/s1. The van der Waals surface area contributed by atoms with Crippen molar-refractivity contribution in [2.24, 2.45) is 11.5 Å². The molecular formula is C20H34N4O12. The lowest BCUT2D eigenvalue weighted by Gasteiger charge is -2.48. The summed E-state index contributed by atoms with van der Waals surface area (Å²) in [5.41, 5.74) is 11.4. The van der Waals surface area contributed by atoms with E-state index in [0.29, 0.717) is 4.90 Å². The number of nitrogens with one attached hydrogen (secondary N) is 1. The van der Waals surface area contributed by atoms with E-state index in [0.717, 1.165) is 20.8 Å². The van der Waals surface area contributed by atoms with Crippen LogP contribution in [0.15, 0.2) is 0 Å². The average Bonchev–Trinajstić information content (AvgIpc) is 2.77. The van der Waals surface area contributed by atoms with E-state index < -0.39 is 97.6 Å². The molecule has 206 valence electrons. The minimum absolute atomic E-state index is 0.371. The van der Waals surface area contributed by atoms with Crippen molar-refractivity contribution in [1.82, 2.24) is 10.2 Å². The Morgan fingerprint density at radius 1 is 1.17 bits per heavy atom. The number of aliphatic hydroxyl groups excluding tert-OH is 3. The second-order valence-electron chi connectivity index (χ2n) is 8.40. The highest BCUT2D eigenvalue weighted by Gasteiger charge is 2.51. The van der Waals surface area contributed by atoms with Crippen molar-refractivity contribution in [3.05, 3.63) is 0 Å². The number of amides is 3. The second kappa shape index (κ2) is 13.4. The van der Waals surface area contributed by atoms with Gasteiger partial charge in [0, 0.05) is 13.3 Å². The van der Waals surface area contributed by atoms with Crippen molar-refractivity contribution in [2.75, 3.05) is 6.61 Å². The van der Waals surface area contributed by atoms with Gasteiger partial charge in [-0.3, -0.25) is 19.2 Å². The van der Waals surface area contributed by atoms with Crippen LogP contribution in [0, 0.1) is 0 Å². The van der Waals surface area contributed by atoms with Gasteiger partial charge in [-0.15, -0.1) is 0 Å². The van der Waals surface area contributed by atoms with E-state index in [1.54, 1.807) is 0 Å². The van der Waals surface area contributed by atoms with Gasteiger partial charge in [-0.05, 0) is 20.3 Å². The summed E-state index contributed by atoms with van der Waals surface area (Å²) in [6, 6.07) is -4.69. The Bertz CT molecular complexity index is 825. The molecule has 1 rings (SSSR count). The van der Waals surface area contributed by atoms with Crippen LogP contribution in [-0.2, 0) is 33.4 Å². The number of carbonyl (C=O) groups is 5. The average molecular weight is 523 g/mol. The molecule has 1 fully saturated rings. The number of carboxylic acids is 2. The summed E-state index contributed by atoms with van der Waals surface area (Å²) < 4.78 is 10.9. The Hall–Kier alpha value is -2.89. The fourth-order valence-electron chi connectivity index (χ4n) is 3.74. The van der Waals surface area contributed by atoms with Gasteiger partial charge < -0.3 is 56.7 Å². The zero-order valence-corrected chi connectivity index (χ0v) is 20.0. The van der Waals surface area contributed by atoms with Gasteiger partial charge in [0.25, 0.3) is 0 Å². The fourth-order valence-corrected chi connectivity index (χ4v) is 3.74. The lowest BCUT2D eigenvalue weighted by atomic mass is 9.94. The Balaban J connectivity index is 3.37. The van der Waals surface area contributed by atoms with Crippen LogP contribution in [0.25, 0.3) is 0 Å². The van der Waals surface area contributed by atoms with Crippen LogP contribution < -0.4 is 16.8 Å². The summed E-state index contributed by atoms with van der Waals surface area (Å²) in [4.78, 5) is 60.3. The number of nitrogens with zero attached hydrogens (tertiary/aromatic N) is 1. The smallest absolute Gasteiger partial charge is 0.332 e. The van der Waals surface area contributed by atoms with Crippen molar-refractivity contribution in [1.29, 1.82) is 0 Å². The van der Waals surface area contributed by atoms with Crippen molar-refractivity contribution < 1.29 is 59.0 Å². The number of ether oxygens (including phenoxy) is 2. The van der Waals surface area contributed by atoms with Crippen LogP contribution in [0.3, 0.4) is 0 Å². The molecule has 36 heavy (non-hydrogen) atoms. The van der Waals surface area contributed by atoms with Crippen LogP contribution in [-0.4, -0.2) is 122 Å². The molecule has 0 spiro atoms. The normalized spacial score (nSPS) is 27.2. The second-order valence-corrected chi connectivity index (χ2v) is 8.40. The first-order valence-corrected chi connectivity index (χ1v) is 11.0. The van der Waals surface area contributed by atoms with Crippen molar-refractivity contribution >= 4 is 29.7 Å². The third-order valence-corrected chi connectivity index (χ3v) is 5.60. The van der Waals surface area contributed by atoms with E-state index in [-0.39, 0.29) is 6.42 Å². The summed E-state index contributed by atoms with van der Waals surface area (Å²) in [6.45, 7) is 2.51. The molecule has 1 aliphatic heterocycles. The molecule has 0 radical (unpaired) electrons. The molecule has 5 unspecified atom stereocenters. The zero-order valence-electron chi connectivity index (χ0n) is 20.0. The lowest BCUT2D eigenvalue weighted by molar-refractivity contribution is -0.248. The molecule has 0 saturated carbocycles. The summed E-state index contributed by atoms with van der Waals surface area (Å²) in [5, 5.41) is 50.7. The first-order chi connectivity index (χ1) is 16.6. The van der Waals surface area contributed by atoms with Gasteiger partial charge in [-0.2, -0.15) is 0 Å². The molecule has 1 heterocycles. The Kier molecular flexibility index (Phi) is 11.6. The first kappa shape index (κ1) is 31.1. The molecule has 1 saturated heterocycles. The monoisotopic (exact) mass is 522 g/mol. The molecule has 0 aliphatic carbocycles. The van der Waals surface area contributed by atoms with Crippen molar-refractivity contribution in [2.45, 2.75) is 88.5 Å². The van der Waals surface area contributed by atoms with Crippen LogP contribution >= 0.6 is 0 Å². The number of rotatable bonds is 13. The lowest BCUT2D eigenvalue weighted by Crippen LogP contribution is -2.71. The summed E-state index contributed by atoms with van der Waals surface area (Å²) in [5.74, 6) is -5.68. The third kappa shape index (κ3) is 7.81. The molecule has 3 amide bonds. The Morgan fingerprint density at radius 2 is 1.75 bits per heavy atom. The molecule has 0 aromatic rings. The minimum atomic E-state index is -1.77. The maximum absolute atomic E-state index is 13.1. The van der Waals surface area contributed by atoms with Gasteiger partial charge >= 0.3 is 11.9 Å². The molecule has 0 bridgehead atoms. The molecule has 0 aromatic carbocycles. The summed E-state index contributed by atoms with van der Waals surface area (Å²) >= 11 is 0. The predicted octanol–water partition coefficient (Wildman–Crippen LogP) is -4.32. The highest BCUT2D eigenvalue weighted by molar-refractivity contribution is 5.92. The van der Waals surface area contributed by atoms with Gasteiger partial charge in [0.15, 0.2) is 12.3 Å². The SMILES string of the molecule is CC(=O)N(C(C(=O)NC(CCC(=O)O)C(N)=O)C(C)O)C1O[C@H](CO)[C@@H](O)[C@H](OC(C)C(=O)O)[C@H]1N. The molecule has 16 nitrogen and oxygen atoms in total. The van der Waals surface area contributed by atoms with Crippen molar-refractivity contribution in [3.8, 4) is 0 Å². The summed E-state index contributed by atoms with van der Waals surface area (Å²) in [6.07, 6.45) is -10.1. The van der Waals surface area contributed by atoms with Gasteiger partial charge in [0.05, 0.1) is 18.8 Å². The van der Waals surface area contributed by atoms with E-state index in [2.05, 4.69) is 5.32 Å². The van der Waals surface area contributed by atoms with E-state index in [1.165, 1.54) is 0 Å². The number of carbonyl (C=O) groups excluding carboxylic acids is 3. The molecule has 0 aromatic heterocycles. The fraction of sp³-hybridized carbons (Fsp3) is 0.750. The minimum Gasteiger partial charge on any atom is -0.481 e. The van der Waals surface area contributed by atoms with E-state index in [1.807, 2.05) is 0 Å². The Labute approximate surface area is 206 Å². The van der Waals surface area contributed by atoms with Crippen molar-refractivity contribution in [3.63, 3.8) is 0 Å². The topological polar surface area (TPSA) is 272 Å². The number of nitrogens with two attached hydrogens (primary N) is 2. The quantitative estimate of drug-likeness (QED) is 0.114. The van der Waals surface area contributed by atoms with Gasteiger partial charge in [0.2, 0.25) is 17.7 Å². The number of aliphatic hydroxyl groups is 3. The van der Waals surface area contributed by atoms with Crippen LogP contribution in [0.5, 0.6) is 0 Å². The molecule has 1 aliphatic rings. The summed E-state index contributed by atoms with van der Waals surface area (Å²) in [7, 11) is 0. The molecule has 16 heteroatoms. The largest absolute Gasteiger partial charge is 0.481 e. The van der Waals surface area contributed by atoms with E-state index >= 15 is 0 Å². The third-order valence-electron chi connectivity index (χ3n) is 5.60. The number of carboxylic acid groups (broad SMARTS) is 2. The van der Waals surface area contributed by atoms with Crippen LogP contribution in [0.2, 0.25) is 0 Å². The number of primary amides is 1. The van der Waals surface area contributed by atoms with Crippen LogP contribution in [0.1, 0.15) is 33.6 Å². The van der Waals surface area contributed by atoms with Gasteiger partial charge in [-0.25, -0.2) is 4.79 Å². The maximum atomic E-state index is 13.1. The first-order valence-electron chi connectivity index (χ1n) is 11.0. The Morgan fingerprint density at radius 3 is 2.17 bits per heavy atom. The molecular weight excluding hydrogens is 488 g/mol.